The summed E-state index contributed by atoms with van der Waals surface area (Å²) in [6.07, 6.45) is 3.67. The number of hydrogen-bond donors (Lipinski definition) is 1. The topological polar surface area (TPSA) is 71.1 Å². The van der Waals surface area contributed by atoms with Gasteiger partial charge in [0.1, 0.15) is 12.4 Å². The van der Waals surface area contributed by atoms with Crippen LogP contribution in [0.15, 0.2) is 66.0 Å². The highest BCUT2D eigenvalue weighted by atomic mass is 32.2. The SMILES string of the molecule is N#Cc1ccc(OC[C@H](O)CSc2ncc(-c3ccccc3)n2C2CC2)cc1. The van der Waals surface area contributed by atoms with Crippen molar-refractivity contribution in [3.05, 3.63) is 66.4 Å². The predicted molar refractivity (Wildman–Crippen MR) is 109 cm³/mol. The van der Waals surface area contributed by atoms with Gasteiger partial charge in [0.25, 0.3) is 0 Å². The van der Waals surface area contributed by atoms with Crippen molar-refractivity contribution in [3.8, 4) is 23.1 Å². The Morgan fingerprint density at radius 3 is 2.61 bits per heavy atom. The van der Waals surface area contributed by atoms with Crippen LogP contribution < -0.4 is 4.74 Å². The minimum Gasteiger partial charge on any atom is -0.491 e. The van der Waals surface area contributed by atoms with Gasteiger partial charge < -0.3 is 14.4 Å². The summed E-state index contributed by atoms with van der Waals surface area (Å²) in [5, 5.41) is 20.1. The molecular formula is C22H21N3O2S. The van der Waals surface area contributed by atoms with Crippen LogP contribution >= 0.6 is 11.8 Å². The Hall–Kier alpha value is -2.75. The molecule has 0 aliphatic heterocycles. The Bertz CT molecular complexity index is 960. The van der Waals surface area contributed by atoms with Crippen molar-refractivity contribution >= 4 is 11.8 Å². The van der Waals surface area contributed by atoms with Crippen molar-refractivity contribution in [2.24, 2.45) is 0 Å². The minimum atomic E-state index is -0.606. The van der Waals surface area contributed by atoms with Gasteiger partial charge in [0.2, 0.25) is 0 Å². The zero-order chi connectivity index (χ0) is 19.3. The van der Waals surface area contributed by atoms with Crippen LogP contribution in [0, 0.1) is 11.3 Å². The fourth-order valence-corrected chi connectivity index (χ4v) is 3.95. The smallest absolute Gasteiger partial charge is 0.168 e. The molecule has 5 nitrogen and oxygen atoms in total. The maximum atomic E-state index is 10.3. The first-order chi connectivity index (χ1) is 13.7. The lowest BCUT2D eigenvalue weighted by atomic mass is 10.2. The van der Waals surface area contributed by atoms with E-state index in [1.807, 2.05) is 24.4 Å². The molecule has 0 bridgehead atoms. The number of benzene rings is 2. The van der Waals surface area contributed by atoms with E-state index in [0.29, 0.717) is 23.1 Å². The van der Waals surface area contributed by atoms with Gasteiger partial charge in [-0.15, -0.1) is 0 Å². The lowest BCUT2D eigenvalue weighted by Crippen LogP contribution is -2.20. The molecule has 1 aromatic heterocycles. The highest BCUT2D eigenvalue weighted by molar-refractivity contribution is 7.99. The molecule has 1 heterocycles. The molecule has 4 rings (SSSR count). The second-order valence-corrected chi connectivity index (χ2v) is 7.79. The number of aliphatic hydroxyl groups is 1. The molecule has 1 N–H and O–H groups in total. The highest BCUT2D eigenvalue weighted by Gasteiger charge is 2.29. The number of hydrogen-bond acceptors (Lipinski definition) is 5. The van der Waals surface area contributed by atoms with Crippen molar-refractivity contribution < 1.29 is 9.84 Å². The van der Waals surface area contributed by atoms with Gasteiger partial charge in [-0.25, -0.2) is 4.98 Å². The summed E-state index contributed by atoms with van der Waals surface area (Å²) in [6.45, 7) is 0.203. The van der Waals surface area contributed by atoms with E-state index in [9.17, 15) is 5.11 Å². The Balaban J connectivity index is 1.36. The molecule has 1 atom stereocenters. The summed E-state index contributed by atoms with van der Waals surface area (Å²) in [6, 6.07) is 19.8. The Kier molecular flexibility index (Phi) is 5.65. The lowest BCUT2D eigenvalue weighted by Gasteiger charge is -2.14. The number of aromatic nitrogens is 2. The Labute approximate surface area is 168 Å². The average Bonchev–Trinajstić information content (AvgIpc) is 3.50. The van der Waals surface area contributed by atoms with Gasteiger partial charge in [-0.1, -0.05) is 42.1 Å². The molecule has 1 aliphatic carbocycles. The summed E-state index contributed by atoms with van der Waals surface area (Å²) >= 11 is 1.56. The van der Waals surface area contributed by atoms with Crippen LogP contribution in [-0.4, -0.2) is 33.1 Å². The number of rotatable bonds is 8. The zero-order valence-corrected chi connectivity index (χ0v) is 16.2. The van der Waals surface area contributed by atoms with Crippen LogP contribution in [0.3, 0.4) is 0 Å². The number of aliphatic hydroxyl groups excluding tert-OH is 1. The molecule has 0 spiro atoms. The third kappa shape index (κ3) is 4.38. The molecule has 2 aromatic carbocycles. The minimum absolute atomic E-state index is 0.203. The van der Waals surface area contributed by atoms with E-state index in [0.717, 1.165) is 10.9 Å². The van der Waals surface area contributed by atoms with Gasteiger partial charge in [-0.2, -0.15) is 5.26 Å². The standard InChI is InChI=1S/C22H21N3O2S/c23-12-16-6-10-20(11-7-16)27-14-19(26)15-28-22-24-13-21(25(22)18-8-9-18)17-4-2-1-3-5-17/h1-7,10-11,13,18-19,26H,8-9,14-15H2/t19-/m0/s1. The molecular weight excluding hydrogens is 370 g/mol. The molecule has 142 valence electrons. The average molecular weight is 391 g/mol. The number of nitriles is 1. The van der Waals surface area contributed by atoms with E-state index in [1.54, 1.807) is 36.0 Å². The van der Waals surface area contributed by atoms with Gasteiger partial charge in [-0.3, -0.25) is 0 Å². The summed E-state index contributed by atoms with van der Waals surface area (Å²) in [4.78, 5) is 4.61. The Morgan fingerprint density at radius 2 is 1.93 bits per heavy atom. The first-order valence-corrected chi connectivity index (χ1v) is 10.3. The van der Waals surface area contributed by atoms with E-state index in [1.165, 1.54) is 18.4 Å². The van der Waals surface area contributed by atoms with Gasteiger partial charge in [0.05, 0.1) is 29.6 Å². The summed E-state index contributed by atoms with van der Waals surface area (Å²) in [7, 11) is 0. The van der Waals surface area contributed by atoms with Gasteiger partial charge in [0.15, 0.2) is 5.16 Å². The maximum Gasteiger partial charge on any atom is 0.168 e. The normalized spacial score (nSPS) is 14.4. The summed E-state index contributed by atoms with van der Waals surface area (Å²) < 4.78 is 7.92. The van der Waals surface area contributed by atoms with Crippen LogP contribution in [0.5, 0.6) is 5.75 Å². The summed E-state index contributed by atoms with van der Waals surface area (Å²) in [5.41, 5.74) is 2.89. The number of ether oxygens (including phenoxy) is 1. The number of thioether (sulfide) groups is 1. The van der Waals surface area contributed by atoms with Gasteiger partial charge in [0, 0.05) is 11.8 Å². The monoisotopic (exact) mass is 391 g/mol. The van der Waals surface area contributed by atoms with E-state index in [-0.39, 0.29) is 6.61 Å². The van der Waals surface area contributed by atoms with Crippen molar-refractivity contribution in [2.75, 3.05) is 12.4 Å². The van der Waals surface area contributed by atoms with Crippen LogP contribution in [-0.2, 0) is 0 Å². The molecule has 1 aliphatic rings. The fraction of sp³-hybridized carbons (Fsp3) is 0.273. The molecule has 28 heavy (non-hydrogen) atoms. The molecule has 1 fully saturated rings. The van der Waals surface area contributed by atoms with Crippen molar-refractivity contribution in [1.82, 2.24) is 9.55 Å². The van der Waals surface area contributed by atoms with Crippen LogP contribution in [0.25, 0.3) is 11.3 Å². The summed E-state index contributed by atoms with van der Waals surface area (Å²) in [5.74, 6) is 1.16. The third-order valence-electron chi connectivity index (χ3n) is 4.58. The van der Waals surface area contributed by atoms with Gasteiger partial charge in [-0.05, 0) is 42.7 Å². The van der Waals surface area contributed by atoms with Crippen LogP contribution in [0.2, 0.25) is 0 Å². The second-order valence-electron chi connectivity index (χ2n) is 6.81. The first kappa shape index (κ1) is 18.6. The van der Waals surface area contributed by atoms with Crippen LogP contribution in [0.4, 0.5) is 0 Å². The first-order valence-electron chi connectivity index (χ1n) is 9.31. The number of nitrogens with zero attached hydrogens (tertiary/aromatic N) is 3. The molecule has 0 saturated heterocycles. The zero-order valence-electron chi connectivity index (χ0n) is 15.4. The van der Waals surface area contributed by atoms with E-state index in [2.05, 4.69) is 27.8 Å². The largest absolute Gasteiger partial charge is 0.491 e. The third-order valence-corrected chi connectivity index (χ3v) is 5.69. The quantitative estimate of drug-likeness (QED) is 0.580. The molecule has 1 saturated carbocycles. The Morgan fingerprint density at radius 1 is 1.18 bits per heavy atom. The molecule has 0 unspecified atom stereocenters. The van der Waals surface area contributed by atoms with Crippen LogP contribution in [0.1, 0.15) is 24.4 Å². The molecule has 3 aromatic rings. The predicted octanol–water partition coefficient (Wildman–Crippen LogP) is 4.29. The lowest BCUT2D eigenvalue weighted by molar-refractivity contribution is 0.126. The maximum absolute atomic E-state index is 10.3. The van der Waals surface area contributed by atoms with Crippen molar-refractivity contribution in [2.45, 2.75) is 30.1 Å². The van der Waals surface area contributed by atoms with E-state index >= 15 is 0 Å². The number of imidazole rings is 1. The van der Waals surface area contributed by atoms with E-state index in [4.69, 9.17) is 10.00 Å². The second kappa shape index (κ2) is 8.51. The van der Waals surface area contributed by atoms with E-state index < -0.39 is 6.10 Å². The molecule has 0 radical (unpaired) electrons. The highest BCUT2D eigenvalue weighted by Crippen LogP contribution is 2.41. The van der Waals surface area contributed by atoms with Crippen molar-refractivity contribution in [3.63, 3.8) is 0 Å². The molecule has 0 amide bonds. The fourth-order valence-electron chi connectivity index (χ4n) is 3.00. The molecule has 6 heteroatoms. The van der Waals surface area contributed by atoms with Crippen molar-refractivity contribution in [1.29, 1.82) is 5.26 Å². The van der Waals surface area contributed by atoms with Gasteiger partial charge >= 0.3 is 0 Å².